The van der Waals surface area contributed by atoms with Gasteiger partial charge in [0, 0.05) is 17.7 Å². The van der Waals surface area contributed by atoms with E-state index in [0.29, 0.717) is 11.5 Å². The average Bonchev–Trinajstić information content (AvgIpc) is 2.82. The Labute approximate surface area is 104 Å². The molecular weight excluding hydrogens is 232 g/mol. The van der Waals surface area contributed by atoms with E-state index in [4.69, 9.17) is 0 Å². The van der Waals surface area contributed by atoms with Gasteiger partial charge in [-0.25, -0.2) is 4.98 Å². The minimum absolute atomic E-state index is 0.570. The van der Waals surface area contributed by atoms with Gasteiger partial charge >= 0.3 is 0 Å². The molecule has 0 amide bonds. The van der Waals surface area contributed by atoms with E-state index in [2.05, 4.69) is 9.38 Å². The summed E-state index contributed by atoms with van der Waals surface area (Å²) in [7, 11) is 0. The van der Waals surface area contributed by atoms with E-state index in [-0.39, 0.29) is 0 Å². The molecule has 1 aliphatic heterocycles. The molecule has 3 rings (SSSR count). The average molecular weight is 246 g/mol. The van der Waals surface area contributed by atoms with Gasteiger partial charge in [-0.1, -0.05) is 0 Å². The van der Waals surface area contributed by atoms with Crippen LogP contribution >= 0.6 is 11.8 Å². The molecule has 0 atom stereocenters. The second-order valence-electron chi connectivity index (χ2n) is 4.38. The maximum Gasteiger partial charge on any atom is 0.150 e. The number of imidazole rings is 1. The zero-order chi connectivity index (χ0) is 11.7. The lowest BCUT2D eigenvalue weighted by molar-refractivity contribution is 0.112. The molecule has 0 bridgehead atoms. The van der Waals surface area contributed by atoms with E-state index in [1.165, 1.54) is 24.3 Å². The highest BCUT2D eigenvalue weighted by molar-refractivity contribution is 7.99. The first-order valence-corrected chi connectivity index (χ1v) is 7.04. The number of hydrogen-bond acceptors (Lipinski definition) is 3. The summed E-state index contributed by atoms with van der Waals surface area (Å²) in [6.45, 7) is 0. The third kappa shape index (κ3) is 1.97. The van der Waals surface area contributed by atoms with Gasteiger partial charge in [0.15, 0.2) is 0 Å². The summed E-state index contributed by atoms with van der Waals surface area (Å²) in [6, 6.07) is 3.74. The summed E-state index contributed by atoms with van der Waals surface area (Å²) in [5, 5.41) is 0. The monoisotopic (exact) mass is 246 g/mol. The van der Waals surface area contributed by atoms with Crippen molar-refractivity contribution in [3.8, 4) is 0 Å². The molecule has 0 unspecified atom stereocenters. The van der Waals surface area contributed by atoms with Crippen LogP contribution in [0.4, 0.5) is 0 Å². The number of pyridine rings is 1. The smallest absolute Gasteiger partial charge is 0.150 e. The van der Waals surface area contributed by atoms with Crippen molar-refractivity contribution in [2.24, 2.45) is 0 Å². The molecule has 0 spiro atoms. The Kier molecular flexibility index (Phi) is 2.89. The lowest BCUT2D eigenvalue weighted by Crippen LogP contribution is -2.11. The largest absolute Gasteiger partial charge is 0.303 e. The van der Waals surface area contributed by atoms with E-state index in [1.54, 1.807) is 0 Å². The van der Waals surface area contributed by atoms with E-state index in [1.807, 2.05) is 36.3 Å². The summed E-state index contributed by atoms with van der Waals surface area (Å²) in [6.07, 6.45) is 7.12. The SMILES string of the molecule is O=Cc1ccn2c(C3CCSCC3)ncc2c1. The van der Waals surface area contributed by atoms with Crippen LogP contribution in [0.15, 0.2) is 24.5 Å². The van der Waals surface area contributed by atoms with E-state index in [0.717, 1.165) is 17.6 Å². The first-order valence-electron chi connectivity index (χ1n) is 5.88. The molecule has 0 N–H and O–H groups in total. The van der Waals surface area contributed by atoms with E-state index in [9.17, 15) is 4.79 Å². The van der Waals surface area contributed by atoms with Crippen molar-refractivity contribution in [3.63, 3.8) is 0 Å². The number of nitrogens with zero attached hydrogens (tertiary/aromatic N) is 2. The zero-order valence-electron chi connectivity index (χ0n) is 9.50. The molecule has 88 valence electrons. The van der Waals surface area contributed by atoms with Crippen LogP contribution in [0.1, 0.15) is 34.9 Å². The molecule has 0 aliphatic carbocycles. The van der Waals surface area contributed by atoms with Gasteiger partial charge < -0.3 is 4.40 Å². The van der Waals surface area contributed by atoms with Gasteiger partial charge in [0.1, 0.15) is 12.1 Å². The van der Waals surface area contributed by atoms with Crippen LogP contribution in [-0.4, -0.2) is 27.2 Å². The maximum absolute atomic E-state index is 10.7. The Bertz CT molecular complexity index is 543. The topological polar surface area (TPSA) is 34.4 Å². The van der Waals surface area contributed by atoms with Crippen LogP contribution < -0.4 is 0 Å². The Balaban J connectivity index is 2.02. The van der Waals surface area contributed by atoms with Crippen LogP contribution in [-0.2, 0) is 0 Å². The minimum atomic E-state index is 0.570. The highest BCUT2D eigenvalue weighted by atomic mass is 32.2. The fourth-order valence-corrected chi connectivity index (χ4v) is 3.48. The van der Waals surface area contributed by atoms with Gasteiger partial charge in [-0.05, 0) is 36.5 Å². The van der Waals surface area contributed by atoms with Crippen molar-refractivity contribution in [3.05, 3.63) is 35.9 Å². The number of carbonyl (C=O) groups is 1. The van der Waals surface area contributed by atoms with Gasteiger partial charge in [0.25, 0.3) is 0 Å². The molecule has 0 aromatic carbocycles. The van der Waals surface area contributed by atoms with Crippen molar-refractivity contribution in [2.45, 2.75) is 18.8 Å². The number of carbonyl (C=O) groups excluding carboxylic acids is 1. The van der Waals surface area contributed by atoms with Crippen molar-refractivity contribution >= 4 is 23.6 Å². The second kappa shape index (κ2) is 4.53. The molecule has 2 aromatic heterocycles. The first kappa shape index (κ1) is 10.8. The molecule has 3 heterocycles. The number of rotatable bonds is 2. The molecule has 4 heteroatoms. The van der Waals surface area contributed by atoms with E-state index >= 15 is 0 Å². The lowest BCUT2D eigenvalue weighted by atomic mass is 10.0. The van der Waals surface area contributed by atoms with Crippen LogP contribution in [0, 0.1) is 0 Å². The van der Waals surface area contributed by atoms with Crippen LogP contribution in [0.3, 0.4) is 0 Å². The first-order chi connectivity index (χ1) is 8.38. The fraction of sp³-hybridized carbons (Fsp3) is 0.385. The van der Waals surface area contributed by atoms with Crippen LogP contribution in [0.25, 0.3) is 5.52 Å². The molecule has 2 aromatic rings. The summed E-state index contributed by atoms with van der Waals surface area (Å²) < 4.78 is 2.12. The number of hydrogen-bond donors (Lipinski definition) is 0. The van der Waals surface area contributed by atoms with Crippen molar-refractivity contribution in [2.75, 3.05) is 11.5 Å². The molecule has 1 fully saturated rings. The number of aromatic nitrogens is 2. The summed E-state index contributed by atoms with van der Waals surface area (Å²) in [4.78, 5) is 15.3. The highest BCUT2D eigenvalue weighted by Crippen LogP contribution is 2.31. The third-order valence-electron chi connectivity index (χ3n) is 3.31. The summed E-state index contributed by atoms with van der Waals surface area (Å²) >= 11 is 2.02. The summed E-state index contributed by atoms with van der Waals surface area (Å²) in [5.41, 5.74) is 1.73. The molecule has 0 radical (unpaired) electrons. The zero-order valence-corrected chi connectivity index (χ0v) is 10.3. The number of fused-ring (bicyclic) bond motifs is 1. The quantitative estimate of drug-likeness (QED) is 0.764. The van der Waals surface area contributed by atoms with Gasteiger partial charge in [0.2, 0.25) is 0 Å². The third-order valence-corrected chi connectivity index (χ3v) is 4.36. The van der Waals surface area contributed by atoms with Crippen LogP contribution in [0.2, 0.25) is 0 Å². The Morgan fingerprint density at radius 1 is 1.41 bits per heavy atom. The number of thioether (sulfide) groups is 1. The minimum Gasteiger partial charge on any atom is -0.303 e. The maximum atomic E-state index is 10.7. The molecule has 1 aliphatic rings. The van der Waals surface area contributed by atoms with Crippen molar-refractivity contribution in [1.29, 1.82) is 0 Å². The van der Waals surface area contributed by atoms with Gasteiger partial charge in [-0.2, -0.15) is 11.8 Å². The predicted molar refractivity (Wildman–Crippen MR) is 69.9 cm³/mol. The lowest BCUT2D eigenvalue weighted by Gasteiger charge is -2.20. The van der Waals surface area contributed by atoms with Gasteiger partial charge in [-0.15, -0.1) is 0 Å². The van der Waals surface area contributed by atoms with Gasteiger partial charge in [0.05, 0.1) is 11.7 Å². The molecular formula is C13H14N2OS. The summed E-state index contributed by atoms with van der Waals surface area (Å²) in [5.74, 6) is 4.18. The Morgan fingerprint density at radius 3 is 3.00 bits per heavy atom. The van der Waals surface area contributed by atoms with Gasteiger partial charge in [-0.3, -0.25) is 4.79 Å². The normalized spacial score (nSPS) is 17.4. The van der Waals surface area contributed by atoms with Crippen LogP contribution in [0.5, 0.6) is 0 Å². The Morgan fingerprint density at radius 2 is 2.24 bits per heavy atom. The molecule has 0 saturated carbocycles. The fourth-order valence-electron chi connectivity index (χ4n) is 2.37. The molecule has 1 saturated heterocycles. The number of aldehydes is 1. The van der Waals surface area contributed by atoms with Crippen molar-refractivity contribution in [1.82, 2.24) is 9.38 Å². The highest BCUT2D eigenvalue weighted by Gasteiger charge is 2.19. The van der Waals surface area contributed by atoms with Crippen molar-refractivity contribution < 1.29 is 4.79 Å². The van der Waals surface area contributed by atoms with E-state index < -0.39 is 0 Å². The Hall–Kier alpha value is -1.29. The second-order valence-corrected chi connectivity index (χ2v) is 5.60. The standard InChI is InChI=1S/C13H14N2OS/c16-9-10-1-4-15-12(7-10)8-14-13(15)11-2-5-17-6-3-11/h1,4,7-9,11H,2-3,5-6H2. The molecule has 3 nitrogen and oxygen atoms in total. The predicted octanol–water partition coefficient (Wildman–Crippen LogP) is 2.76. The molecule has 17 heavy (non-hydrogen) atoms.